The van der Waals surface area contributed by atoms with Gasteiger partial charge in [0.15, 0.2) is 11.6 Å². The molecule has 0 fully saturated rings. The summed E-state index contributed by atoms with van der Waals surface area (Å²) in [7, 11) is -1.72. The Kier molecular flexibility index (Phi) is 3.17. The molecule has 0 amide bonds. The number of rotatable bonds is 2. The Morgan fingerprint density at radius 2 is 1.82 bits per heavy atom. The van der Waals surface area contributed by atoms with Crippen molar-refractivity contribution in [2.75, 3.05) is 0 Å². The van der Waals surface area contributed by atoms with Crippen LogP contribution in [0.1, 0.15) is 0 Å². The molecule has 2 rings (SSSR count). The first-order valence-corrected chi connectivity index (χ1v) is 4.86. The standard InChI is InChI=1S/C11H8BF2NO2/c13-9-4-3-7(6-10(9)14)11-8(12(16)17)2-1-5-15-11/h1-6,16-17H. The molecule has 0 radical (unpaired) electrons. The van der Waals surface area contributed by atoms with Crippen LogP contribution in [0, 0.1) is 11.6 Å². The molecule has 1 aromatic heterocycles. The minimum Gasteiger partial charge on any atom is -0.423 e. The fraction of sp³-hybridized carbons (Fsp3) is 0. The zero-order valence-electron chi connectivity index (χ0n) is 8.64. The molecule has 0 aliphatic rings. The Balaban J connectivity index is 2.56. The molecule has 6 heteroatoms. The van der Waals surface area contributed by atoms with Gasteiger partial charge in [-0.05, 0) is 24.3 Å². The smallest absolute Gasteiger partial charge is 0.423 e. The van der Waals surface area contributed by atoms with Gasteiger partial charge in [0, 0.05) is 17.2 Å². The van der Waals surface area contributed by atoms with Crippen molar-refractivity contribution in [1.29, 1.82) is 0 Å². The second kappa shape index (κ2) is 4.61. The van der Waals surface area contributed by atoms with Gasteiger partial charge in [0.2, 0.25) is 0 Å². The molecule has 0 saturated heterocycles. The highest BCUT2D eigenvalue weighted by atomic mass is 19.2. The summed E-state index contributed by atoms with van der Waals surface area (Å²) in [5.41, 5.74) is 0.632. The maximum atomic E-state index is 13.1. The molecule has 3 nitrogen and oxygen atoms in total. The third-order valence-electron chi connectivity index (χ3n) is 2.31. The molecule has 0 aliphatic heterocycles. The van der Waals surface area contributed by atoms with E-state index in [9.17, 15) is 8.78 Å². The quantitative estimate of drug-likeness (QED) is 0.753. The first kappa shape index (κ1) is 11.7. The molecule has 0 unspecified atom stereocenters. The van der Waals surface area contributed by atoms with E-state index in [1.807, 2.05) is 0 Å². The Morgan fingerprint density at radius 1 is 1.06 bits per heavy atom. The summed E-state index contributed by atoms with van der Waals surface area (Å²) in [5.74, 6) is -1.97. The van der Waals surface area contributed by atoms with E-state index in [0.29, 0.717) is 0 Å². The summed E-state index contributed by atoms with van der Waals surface area (Å²) in [6, 6.07) is 6.23. The summed E-state index contributed by atoms with van der Waals surface area (Å²) in [4.78, 5) is 3.93. The third kappa shape index (κ3) is 2.32. The molecule has 0 bridgehead atoms. The van der Waals surface area contributed by atoms with Gasteiger partial charge in [0.05, 0.1) is 5.69 Å². The van der Waals surface area contributed by atoms with Gasteiger partial charge in [-0.3, -0.25) is 4.98 Å². The molecule has 17 heavy (non-hydrogen) atoms. The van der Waals surface area contributed by atoms with Gasteiger partial charge in [0.1, 0.15) is 0 Å². The van der Waals surface area contributed by atoms with Crippen molar-refractivity contribution in [3.8, 4) is 11.3 Å². The fourth-order valence-corrected chi connectivity index (χ4v) is 1.51. The number of pyridine rings is 1. The van der Waals surface area contributed by atoms with Gasteiger partial charge >= 0.3 is 7.12 Å². The van der Waals surface area contributed by atoms with Crippen LogP contribution in [0.4, 0.5) is 8.78 Å². The number of benzene rings is 1. The van der Waals surface area contributed by atoms with Crippen LogP contribution in [0.2, 0.25) is 0 Å². The first-order chi connectivity index (χ1) is 8.09. The summed E-state index contributed by atoms with van der Waals surface area (Å²) >= 11 is 0. The lowest BCUT2D eigenvalue weighted by Gasteiger charge is -2.07. The zero-order valence-corrected chi connectivity index (χ0v) is 8.64. The van der Waals surface area contributed by atoms with Crippen molar-refractivity contribution >= 4 is 12.6 Å². The van der Waals surface area contributed by atoms with Gasteiger partial charge in [-0.1, -0.05) is 6.07 Å². The van der Waals surface area contributed by atoms with E-state index in [2.05, 4.69) is 4.98 Å². The monoisotopic (exact) mass is 235 g/mol. The number of nitrogens with zero attached hydrogens (tertiary/aromatic N) is 1. The minimum absolute atomic E-state index is 0.138. The molecule has 1 heterocycles. The predicted octanol–water partition coefficient (Wildman–Crippen LogP) is 0.707. The predicted molar refractivity (Wildman–Crippen MR) is 59.4 cm³/mol. The molecular weight excluding hydrogens is 227 g/mol. The highest BCUT2D eigenvalue weighted by Gasteiger charge is 2.18. The van der Waals surface area contributed by atoms with Gasteiger partial charge in [-0.2, -0.15) is 0 Å². The Labute approximate surface area is 96.5 Å². The Bertz CT molecular complexity index is 549. The zero-order chi connectivity index (χ0) is 12.4. The number of hydrogen-bond donors (Lipinski definition) is 2. The molecular formula is C11H8BF2NO2. The van der Waals surface area contributed by atoms with Crippen LogP contribution in [0.3, 0.4) is 0 Å². The normalized spacial score (nSPS) is 10.4. The molecule has 1 aromatic carbocycles. The lowest BCUT2D eigenvalue weighted by molar-refractivity contribution is 0.426. The molecule has 2 aromatic rings. The van der Waals surface area contributed by atoms with Crippen LogP contribution in [-0.4, -0.2) is 22.2 Å². The van der Waals surface area contributed by atoms with E-state index in [4.69, 9.17) is 10.0 Å². The van der Waals surface area contributed by atoms with Crippen molar-refractivity contribution in [2.45, 2.75) is 0 Å². The SMILES string of the molecule is OB(O)c1cccnc1-c1ccc(F)c(F)c1. The highest BCUT2D eigenvalue weighted by molar-refractivity contribution is 6.60. The van der Waals surface area contributed by atoms with Crippen LogP contribution in [-0.2, 0) is 0 Å². The van der Waals surface area contributed by atoms with Gasteiger partial charge in [0.25, 0.3) is 0 Å². The number of hydrogen-bond acceptors (Lipinski definition) is 3. The van der Waals surface area contributed by atoms with Crippen LogP contribution in [0.15, 0.2) is 36.5 Å². The van der Waals surface area contributed by atoms with E-state index in [0.717, 1.165) is 12.1 Å². The first-order valence-electron chi connectivity index (χ1n) is 4.86. The average Bonchev–Trinajstić information content (AvgIpc) is 2.32. The minimum atomic E-state index is -1.72. The maximum Gasteiger partial charge on any atom is 0.490 e. The second-order valence-corrected chi connectivity index (χ2v) is 3.44. The summed E-state index contributed by atoms with van der Waals surface area (Å²) in [6.45, 7) is 0. The van der Waals surface area contributed by atoms with Gasteiger partial charge < -0.3 is 10.0 Å². The molecule has 0 saturated carbocycles. The summed E-state index contributed by atoms with van der Waals surface area (Å²) < 4.78 is 25.8. The van der Waals surface area contributed by atoms with Crippen molar-refractivity contribution in [1.82, 2.24) is 4.98 Å². The van der Waals surface area contributed by atoms with E-state index in [1.54, 1.807) is 0 Å². The highest BCUT2D eigenvalue weighted by Crippen LogP contribution is 2.18. The summed E-state index contributed by atoms with van der Waals surface area (Å²) in [6.07, 6.45) is 1.43. The molecule has 86 valence electrons. The number of halogens is 2. The topological polar surface area (TPSA) is 53.4 Å². The van der Waals surface area contributed by atoms with Crippen LogP contribution in [0.25, 0.3) is 11.3 Å². The maximum absolute atomic E-state index is 13.1. The van der Waals surface area contributed by atoms with Gasteiger partial charge in [-0.25, -0.2) is 8.78 Å². The van der Waals surface area contributed by atoms with Crippen molar-refractivity contribution < 1.29 is 18.8 Å². The molecule has 0 atom stereocenters. The second-order valence-electron chi connectivity index (χ2n) is 3.44. The van der Waals surface area contributed by atoms with E-state index >= 15 is 0 Å². The van der Waals surface area contributed by atoms with E-state index in [1.165, 1.54) is 24.4 Å². The van der Waals surface area contributed by atoms with E-state index in [-0.39, 0.29) is 16.7 Å². The molecule has 2 N–H and O–H groups in total. The number of aromatic nitrogens is 1. The van der Waals surface area contributed by atoms with Crippen LogP contribution < -0.4 is 5.46 Å². The largest absolute Gasteiger partial charge is 0.490 e. The fourth-order valence-electron chi connectivity index (χ4n) is 1.51. The molecule has 0 aliphatic carbocycles. The van der Waals surface area contributed by atoms with E-state index < -0.39 is 18.8 Å². The summed E-state index contributed by atoms with van der Waals surface area (Å²) in [5, 5.41) is 18.3. The lowest BCUT2D eigenvalue weighted by atomic mass is 9.77. The van der Waals surface area contributed by atoms with Crippen molar-refractivity contribution in [3.05, 3.63) is 48.2 Å². The Hall–Kier alpha value is -1.79. The van der Waals surface area contributed by atoms with Crippen LogP contribution >= 0.6 is 0 Å². The van der Waals surface area contributed by atoms with Crippen LogP contribution in [0.5, 0.6) is 0 Å². The average molecular weight is 235 g/mol. The molecule has 0 spiro atoms. The van der Waals surface area contributed by atoms with Crippen molar-refractivity contribution in [2.24, 2.45) is 0 Å². The Morgan fingerprint density at radius 3 is 2.47 bits per heavy atom. The van der Waals surface area contributed by atoms with Crippen molar-refractivity contribution in [3.63, 3.8) is 0 Å². The van der Waals surface area contributed by atoms with Gasteiger partial charge in [-0.15, -0.1) is 0 Å². The third-order valence-corrected chi connectivity index (χ3v) is 2.31. The lowest BCUT2D eigenvalue weighted by Crippen LogP contribution is -2.32.